The minimum atomic E-state index is -1.61. The van der Waals surface area contributed by atoms with Gasteiger partial charge in [-0.05, 0) is 16.4 Å². The molecule has 106 valence electrons. The lowest BCUT2D eigenvalue weighted by Gasteiger charge is -2.37. The predicted octanol–water partition coefficient (Wildman–Crippen LogP) is 3.19. The molecular formula is C17H25NSi2. The van der Waals surface area contributed by atoms with Gasteiger partial charge in [0.25, 0.3) is 0 Å². The predicted molar refractivity (Wildman–Crippen MR) is 94.9 cm³/mol. The Kier molecular flexibility index (Phi) is 4.63. The van der Waals surface area contributed by atoms with E-state index in [1.165, 1.54) is 16.4 Å². The van der Waals surface area contributed by atoms with Crippen LogP contribution in [-0.4, -0.2) is 16.5 Å². The second kappa shape index (κ2) is 6.08. The summed E-state index contributed by atoms with van der Waals surface area (Å²) in [6, 6.07) is 23.2. The maximum Gasteiger partial charge on any atom is 0.148 e. The van der Waals surface area contributed by atoms with Gasteiger partial charge in [-0.2, -0.15) is 0 Å². The molecule has 0 aliphatic heterocycles. The Balaban J connectivity index is 2.30. The molecule has 1 nitrogen and oxygen atoms in total. The van der Waals surface area contributed by atoms with E-state index in [9.17, 15) is 0 Å². The van der Waals surface area contributed by atoms with E-state index >= 15 is 0 Å². The summed E-state index contributed by atoms with van der Waals surface area (Å²) in [6.45, 7) is 9.63. The molecular weight excluding hydrogens is 274 g/mol. The van der Waals surface area contributed by atoms with Crippen LogP contribution in [0.4, 0.5) is 0 Å². The van der Waals surface area contributed by atoms with Crippen molar-refractivity contribution in [2.75, 3.05) is 0 Å². The summed E-state index contributed by atoms with van der Waals surface area (Å²) in [7, 11) is -3.21. The summed E-state index contributed by atoms with van der Waals surface area (Å²) < 4.78 is 4.13. The van der Waals surface area contributed by atoms with Gasteiger partial charge in [-0.25, -0.2) is 0 Å². The Hall–Kier alpha value is -1.17. The molecule has 0 saturated carbocycles. The van der Waals surface area contributed by atoms with Crippen molar-refractivity contribution in [3.05, 3.63) is 60.7 Å². The first kappa shape index (κ1) is 15.2. The quantitative estimate of drug-likeness (QED) is 0.836. The van der Waals surface area contributed by atoms with Crippen molar-refractivity contribution in [2.24, 2.45) is 0 Å². The molecule has 0 heterocycles. The molecule has 1 N–H and O–H groups in total. The van der Waals surface area contributed by atoms with Gasteiger partial charge in [0.2, 0.25) is 0 Å². The highest BCUT2D eigenvalue weighted by atomic mass is 28.4. The van der Waals surface area contributed by atoms with Crippen molar-refractivity contribution in [1.82, 2.24) is 4.65 Å². The molecule has 2 aromatic carbocycles. The second-order valence-electron chi connectivity index (χ2n) is 6.17. The van der Waals surface area contributed by atoms with E-state index < -0.39 is 16.5 Å². The Morgan fingerprint density at radius 2 is 1.20 bits per heavy atom. The van der Waals surface area contributed by atoms with Crippen molar-refractivity contribution >= 4 is 26.8 Å². The Morgan fingerprint density at radius 3 is 1.65 bits per heavy atom. The highest BCUT2D eigenvalue weighted by Crippen LogP contribution is 2.11. The van der Waals surface area contributed by atoms with Gasteiger partial charge >= 0.3 is 0 Å². The Labute approximate surface area is 125 Å². The molecule has 20 heavy (non-hydrogen) atoms. The van der Waals surface area contributed by atoms with Crippen LogP contribution in [0.25, 0.3) is 0 Å². The molecule has 0 spiro atoms. The summed E-state index contributed by atoms with van der Waals surface area (Å²) in [5, 5.41) is 3.00. The molecule has 3 heteroatoms. The maximum atomic E-state index is 4.13. The van der Waals surface area contributed by atoms with Gasteiger partial charge in [-0.3, -0.25) is 0 Å². The van der Waals surface area contributed by atoms with Gasteiger partial charge in [0, 0.05) is 0 Å². The van der Waals surface area contributed by atoms with Crippen LogP contribution in [0.1, 0.15) is 6.92 Å². The fourth-order valence-corrected chi connectivity index (χ4v) is 12.5. The van der Waals surface area contributed by atoms with Crippen LogP contribution in [0.2, 0.25) is 25.7 Å². The molecule has 0 bridgehead atoms. The van der Waals surface area contributed by atoms with Gasteiger partial charge in [-0.1, -0.05) is 87.2 Å². The fourth-order valence-electron chi connectivity index (χ4n) is 2.79. The highest BCUT2D eigenvalue weighted by molar-refractivity contribution is 7.03. The molecule has 0 aliphatic rings. The van der Waals surface area contributed by atoms with Crippen molar-refractivity contribution < 1.29 is 0 Å². The molecule has 1 atom stereocenters. The average Bonchev–Trinajstić information content (AvgIpc) is 2.48. The molecule has 1 unspecified atom stereocenters. The number of rotatable bonds is 5. The third kappa shape index (κ3) is 3.29. The van der Waals surface area contributed by atoms with E-state index in [0.29, 0.717) is 0 Å². The maximum absolute atomic E-state index is 4.13. The summed E-state index contributed by atoms with van der Waals surface area (Å²) in [6.07, 6.45) is 0. The molecule has 0 amide bonds. The third-order valence-corrected chi connectivity index (χ3v) is 13.7. The average molecular weight is 300 g/mol. The van der Waals surface area contributed by atoms with Crippen molar-refractivity contribution in [1.29, 1.82) is 0 Å². The normalized spacial score (nSPS) is 14.8. The van der Waals surface area contributed by atoms with E-state index in [-0.39, 0.29) is 0 Å². The van der Waals surface area contributed by atoms with E-state index in [2.05, 4.69) is 91.9 Å². The molecule has 2 aromatic rings. The summed E-state index contributed by atoms with van der Waals surface area (Å²) >= 11 is 0. The lowest BCUT2D eigenvalue weighted by Crippen LogP contribution is -2.70. The van der Waals surface area contributed by atoms with E-state index in [1.54, 1.807) is 0 Å². The zero-order chi connectivity index (χ0) is 14.6. The molecule has 0 saturated heterocycles. The first-order valence-corrected chi connectivity index (χ1v) is 13.1. The van der Waals surface area contributed by atoms with Crippen LogP contribution in [0.3, 0.4) is 0 Å². The highest BCUT2D eigenvalue weighted by Gasteiger charge is 2.35. The Morgan fingerprint density at radius 1 is 0.750 bits per heavy atom. The molecule has 0 radical (unpaired) electrons. The minimum Gasteiger partial charge on any atom is -0.352 e. The third-order valence-electron chi connectivity index (χ3n) is 4.20. The molecule has 0 aromatic heterocycles. The van der Waals surface area contributed by atoms with Crippen molar-refractivity contribution in [3.8, 4) is 0 Å². The molecule has 0 aliphatic carbocycles. The SMILES string of the molecule is CC[Si](C)(N[Si](C)(C)c1ccccc1)c1ccccc1. The van der Waals surface area contributed by atoms with Crippen LogP contribution in [0.5, 0.6) is 0 Å². The summed E-state index contributed by atoms with van der Waals surface area (Å²) in [5.41, 5.74) is 0. The van der Waals surface area contributed by atoms with Gasteiger partial charge < -0.3 is 4.65 Å². The lowest BCUT2D eigenvalue weighted by atomic mass is 10.4. The molecule has 2 rings (SSSR count). The summed E-state index contributed by atoms with van der Waals surface area (Å²) in [4.78, 5) is 0. The largest absolute Gasteiger partial charge is 0.352 e. The van der Waals surface area contributed by atoms with Crippen molar-refractivity contribution in [2.45, 2.75) is 32.6 Å². The zero-order valence-electron chi connectivity index (χ0n) is 13.0. The van der Waals surface area contributed by atoms with Gasteiger partial charge in [0.1, 0.15) is 16.5 Å². The van der Waals surface area contributed by atoms with Crippen LogP contribution in [0.15, 0.2) is 60.7 Å². The number of benzene rings is 2. The summed E-state index contributed by atoms with van der Waals surface area (Å²) in [5.74, 6) is 0. The topological polar surface area (TPSA) is 12.0 Å². The number of nitrogens with one attached hydrogen (secondary N) is 1. The van der Waals surface area contributed by atoms with E-state index in [4.69, 9.17) is 0 Å². The number of hydrogen-bond donors (Lipinski definition) is 1. The van der Waals surface area contributed by atoms with E-state index in [0.717, 1.165) is 0 Å². The first-order chi connectivity index (χ1) is 9.48. The fraction of sp³-hybridized carbons (Fsp3) is 0.294. The van der Waals surface area contributed by atoms with Crippen LogP contribution in [0, 0.1) is 0 Å². The first-order valence-electron chi connectivity index (χ1n) is 7.38. The number of hydrogen-bond acceptors (Lipinski definition) is 1. The van der Waals surface area contributed by atoms with Crippen molar-refractivity contribution in [3.63, 3.8) is 0 Å². The zero-order valence-corrected chi connectivity index (χ0v) is 15.0. The monoisotopic (exact) mass is 299 g/mol. The van der Waals surface area contributed by atoms with Gasteiger partial charge in [0.15, 0.2) is 0 Å². The second-order valence-corrected chi connectivity index (χ2v) is 14.9. The standard InChI is InChI=1S/C17H25NSi2/c1-5-20(4,17-14-10-7-11-15-17)18-19(2,3)16-12-8-6-9-13-16/h6-15,18H,5H2,1-4H3. The Bertz CT molecular complexity index is 539. The van der Waals surface area contributed by atoms with Crippen LogP contribution in [-0.2, 0) is 0 Å². The van der Waals surface area contributed by atoms with Gasteiger partial charge in [-0.15, -0.1) is 0 Å². The molecule has 0 fully saturated rings. The minimum absolute atomic E-state index is 1.22. The lowest BCUT2D eigenvalue weighted by molar-refractivity contribution is 1.24. The van der Waals surface area contributed by atoms with Crippen LogP contribution < -0.4 is 15.0 Å². The smallest absolute Gasteiger partial charge is 0.148 e. The van der Waals surface area contributed by atoms with Crippen LogP contribution >= 0.6 is 0 Å². The van der Waals surface area contributed by atoms with E-state index in [1.807, 2.05) is 0 Å². The van der Waals surface area contributed by atoms with Gasteiger partial charge in [0.05, 0.1) is 0 Å².